The molecule has 4 rings (SSSR count). The van der Waals surface area contributed by atoms with Crippen molar-refractivity contribution < 1.29 is 23.3 Å². The lowest BCUT2D eigenvalue weighted by Crippen LogP contribution is -2.54. The average molecular weight is 473 g/mol. The first kappa shape index (κ1) is 22.9. The van der Waals surface area contributed by atoms with E-state index in [-0.39, 0.29) is 11.3 Å². The van der Waals surface area contributed by atoms with Gasteiger partial charge in [0.05, 0.1) is 26.6 Å². The van der Waals surface area contributed by atoms with E-state index in [1.54, 1.807) is 23.7 Å². The first-order valence-corrected chi connectivity index (χ1v) is 12.7. The fraction of sp³-hybridized carbons (Fsp3) is 0.333. The summed E-state index contributed by atoms with van der Waals surface area (Å²) in [6.07, 6.45) is 2.53. The first-order valence-electron chi connectivity index (χ1n) is 10.4. The van der Waals surface area contributed by atoms with Crippen LogP contribution in [-0.2, 0) is 21.2 Å². The van der Waals surface area contributed by atoms with E-state index >= 15 is 0 Å². The third kappa shape index (κ3) is 5.73. The lowest BCUT2D eigenvalue weighted by molar-refractivity contribution is -0.123. The highest BCUT2D eigenvalue weighted by Gasteiger charge is 2.35. The van der Waals surface area contributed by atoms with Gasteiger partial charge in [0.25, 0.3) is 0 Å². The number of nitrogens with zero attached hydrogens (tertiary/aromatic N) is 1. The van der Waals surface area contributed by atoms with Gasteiger partial charge in [0, 0.05) is 0 Å². The van der Waals surface area contributed by atoms with E-state index in [1.807, 2.05) is 18.2 Å². The molecule has 0 bridgehead atoms. The topological polar surface area (TPSA) is 129 Å². The predicted molar refractivity (Wildman–Crippen MR) is 123 cm³/mol. The second-order valence-corrected chi connectivity index (χ2v) is 10.7. The summed E-state index contributed by atoms with van der Waals surface area (Å²) in [4.78, 5) is 17.3. The molecule has 168 valence electrons. The van der Waals surface area contributed by atoms with E-state index in [0.717, 1.165) is 23.1 Å². The molecule has 2 aromatic carbocycles. The van der Waals surface area contributed by atoms with Gasteiger partial charge in [0.15, 0.2) is 0 Å². The van der Waals surface area contributed by atoms with Gasteiger partial charge < -0.3 is 15.4 Å². The SMILES string of the molecule is O=C(N[C@@H](CC1CC1)B(O)O)[C@H](Cc1ccccc1)NS(=O)(=O)c1ccc2ncsc2c1. The zero-order chi connectivity index (χ0) is 22.7. The molecule has 1 aromatic heterocycles. The van der Waals surface area contributed by atoms with Crippen LogP contribution in [0.4, 0.5) is 0 Å². The van der Waals surface area contributed by atoms with Gasteiger partial charge in [0.1, 0.15) is 6.04 Å². The molecule has 11 heteroatoms. The van der Waals surface area contributed by atoms with E-state index < -0.39 is 35.0 Å². The molecule has 1 fully saturated rings. The molecular formula is C21H24BN3O5S2. The Hall–Kier alpha value is -2.31. The molecule has 0 saturated heterocycles. The highest BCUT2D eigenvalue weighted by atomic mass is 32.2. The number of aromatic nitrogens is 1. The smallest absolute Gasteiger partial charge is 0.426 e. The standard InChI is InChI=1S/C21H24BN3O5S2/c26-21(24-20(22(27)28)11-15-6-7-15)18(10-14-4-2-1-3-5-14)25-32(29,30)16-8-9-17-19(12-16)31-13-23-17/h1-5,8-9,12-13,15,18,20,25,27-28H,6-7,10-11H2,(H,24,26)/t18-,20-/m0/s1. The highest BCUT2D eigenvalue weighted by Crippen LogP contribution is 2.33. The van der Waals surface area contributed by atoms with Crippen LogP contribution < -0.4 is 10.0 Å². The third-order valence-electron chi connectivity index (χ3n) is 5.48. The minimum absolute atomic E-state index is 0.0387. The summed E-state index contributed by atoms with van der Waals surface area (Å²) in [5, 5.41) is 22.0. The van der Waals surface area contributed by atoms with Gasteiger partial charge in [-0.15, -0.1) is 11.3 Å². The van der Waals surface area contributed by atoms with Crippen LogP contribution >= 0.6 is 11.3 Å². The van der Waals surface area contributed by atoms with Crippen molar-refractivity contribution in [3.63, 3.8) is 0 Å². The second-order valence-electron chi connectivity index (χ2n) is 8.05. The molecule has 0 spiro atoms. The maximum Gasteiger partial charge on any atom is 0.475 e. The lowest BCUT2D eigenvalue weighted by Gasteiger charge is -2.23. The summed E-state index contributed by atoms with van der Waals surface area (Å²) >= 11 is 1.33. The zero-order valence-electron chi connectivity index (χ0n) is 17.2. The quantitative estimate of drug-likeness (QED) is 0.330. The van der Waals surface area contributed by atoms with Crippen LogP contribution in [0.15, 0.2) is 58.9 Å². The van der Waals surface area contributed by atoms with E-state index in [1.165, 1.54) is 23.5 Å². The second kappa shape index (κ2) is 9.68. The van der Waals surface area contributed by atoms with Gasteiger partial charge in [0.2, 0.25) is 15.9 Å². The summed E-state index contributed by atoms with van der Waals surface area (Å²) in [5.74, 6) is -1.11. The van der Waals surface area contributed by atoms with E-state index in [4.69, 9.17) is 0 Å². The normalized spacial score (nSPS) is 15.9. The van der Waals surface area contributed by atoms with Crippen molar-refractivity contribution in [1.29, 1.82) is 0 Å². The summed E-state index contributed by atoms with van der Waals surface area (Å²) in [6, 6.07) is 12.5. The van der Waals surface area contributed by atoms with Gasteiger partial charge >= 0.3 is 7.12 Å². The Labute approximate surface area is 190 Å². The van der Waals surface area contributed by atoms with Crippen molar-refractivity contribution in [2.75, 3.05) is 0 Å². The van der Waals surface area contributed by atoms with Crippen molar-refractivity contribution in [3.05, 3.63) is 59.6 Å². The van der Waals surface area contributed by atoms with E-state index in [9.17, 15) is 23.3 Å². The van der Waals surface area contributed by atoms with Crippen LogP contribution in [-0.4, -0.2) is 48.5 Å². The average Bonchev–Trinajstić information content (AvgIpc) is 3.46. The molecule has 1 heterocycles. The fourth-order valence-electron chi connectivity index (χ4n) is 3.55. The van der Waals surface area contributed by atoms with Crippen molar-refractivity contribution in [1.82, 2.24) is 15.0 Å². The number of amides is 1. The highest BCUT2D eigenvalue weighted by molar-refractivity contribution is 7.89. The van der Waals surface area contributed by atoms with Crippen LogP contribution in [0, 0.1) is 5.92 Å². The molecule has 4 N–H and O–H groups in total. The molecule has 32 heavy (non-hydrogen) atoms. The molecule has 1 aliphatic rings. The predicted octanol–water partition coefficient (Wildman–Crippen LogP) is 1.48. The third-order valence-corrected chi connectivity index (χ3v) is 7.74. The molecular weight excluding hydrogens is 449 g/mol. The van der Waals surface area contributed by atoms with Crippen LogP contribution in [0.2, 0.25) is 0 Å². The molecule has 0 aliphatic heterocycles. The van der Waals surface area contributed by atoms with E-state index in [2.05, 4.69) is 15.0 Å². The Morgan fingerprint density at radius 2 is 1.94 bits per heavy atom. The Bertz CT molecular complexity index is 1180. The zero-order valence-corrected chi connectivity index (χ0v) is 18.8. The molecule has 2 atom stereocenters. The number of thiazole rings is 1. The number of carbonyl (C=O) groups excluding carboxylic acids is 1. The number of sulfonamides is 1. The van der Waals surface area contributed by atoms with Gasteiger partial charge in [-0.05, 0) is 42.5 Å². The van der Waals surface area contributed by atoms with Gasteiger partial charge in [-0.25, -0.2) is 13.4 Å². The molecule has 3 aromatic rings. The number of hydrogen-bond acceptors (Lipinski definition) is 7. The monoisotopic (exact) mass is 473 g/mol. The number of benzene rings is 2. The van der Waals surface area contributed by atoms with Crippen LogP contribution in [0.5, 0.6) is 0 Å². The number of carbonyl (C=O) groups is 1. The molecule has 1 aliphatic carbocycles. The summed E-state index contributed by atoms with van der Waals surface area (Å²) in [6.45, 7) is 0. The lowest BCUT2D eigenvalue weighted by atomic mass is 9.76. The molecule has 8 nitrogen and oxygen atoms in total. The fourth-order valence-corrected chi connectivity index (χ4v) is 5.56. The van der Waals surface area contributed by atoms with Crippen LogP contribution in [0.1, 0.15) is 24.8 Å². The Kier molecular flexibility index (Phi) is 6.92. The number of hydrogen-bond donors (Lipinski definition) is 4. The Morgan fingerprint density at radius 3 is 2.62 bits per heavy atom. The van der Waals surface area contributed by atoms with Crippen molar-refractivity contribution in [2.45, 2.75) is 42.6 Å². The van der Waals surface area contributed by atoms with Crippen molar-refractivity contribution in [2.24, 2.45) is 5.92 Å². The minimum Gasteiger partial charge on any atom is -0.426 e. The molecule has 1 saturated carbocycles. The van der Waals surface area contributed by atoms with Gasteiger partial charge in [-0.3, -0.25) is 4.79 Å². The Morgan fingerprint density at radius 1 is 1.19 bits per heavy atom. The maximum absolute atomic E-state index is 13.1. The molecule has 1 amide bonds. The van der Waals surface area contributed by atoms with E-state index in [0.29, 0.717) is 17.9 Å². The number of fused-ring (bicyclic) bond motifs is 1. The van der Waals surface area contributed by atoms with Crippen LogP contribution in [0.3, 0.4) is 0 Å². The maximum atomic E-state index is 13.1. The Balaban J connectivity index is 1.56. The van der Waals surface area contributed by atoms with Crippen molar-refractivity contribution >= 4 is 44.6 Å². The summed E-state index contributed by atoms with van der Waals surface area (Å²) < 4.78 is 29.4. The molecule has 0 radical (unpaired) electrons. The summed E-state index contributed by atoms with van der Waals surface area (Å²) in [5.41, 5.74) is 3.12. The first-order chi connectivity index (χ1) is 15.3. The molecule has 0 unspecified atom stereocenters. The number of nitrogens with one attached hydrogen (secondary N) is 2. The van der Waals surface area contributed by atoms with Gasteiger partial charge in [-0.1, -0.05) is 43.2 Å². The minimum atomic E-state index is -4.02. The van der Waals surface area contributed by atoms with Gasteiger partial charge in [-0.2, -0.15) is 4.72 Å². The van der Waals surface area contributed by atoms with Crippen LogP contribution in [0.25, 0.3) is 10.2 Å². The number of rotatable bonds is 10. The van der Waals surface area contributed by atoms with Crippen molar-refractivity contribution in [3.8, 4) is 0 Å². The summed E-state index contributed by atoms with van der Waals surface area (Å²) in [7, 11) is -5.74. The largest absolute Gasteiger partial charge is 0.475 e.